The maximum Gasteiger partial charge on any atom is 0.0713 e. The van der Waals surface area contributed by atoms with Gasteiger partial charge in [-0.25, -0.2) is 0 Å². The maximum atomic E-state index is 4.54. The van der Waals surface area contributed by atoms with Gasteiger partial charge in [-0.3, -0.25) is 0 Å². The van der Waals surface area contributed by atoms with Crippen LogP contribution in [0.4, 0.5) is 17.1 Å². The van der Waals surface area contributed by atoms with E-state index in [0.29, 0.717) is 0 Å². The van der Waals surface area contributed by atoms with Crippen LogP contribution in [-0.2, 0) is 5.41 Å². The molecule has 0 saturated heterocycles. The molecular weight excluding hydrogens is 917 g/mol. The molecule has 0 saturated carbocycles. The van der Waals surface area contributed by atoms with Gasteiger partial charge in [0, 0.05) is 33.5 Å². The van der Waals surface area contributed by atoms with Crippen molar-refractivity contribution < 1.29 is 0 Å². The van der Waals surface area contributed by atoms with Crippen LogP contribution in [0.3, 0.4) is 0 Å². The first-order valence-electron chi connectivity index (χ1n) is 26.2. The standard InChI is InChI=1S/C74H54N2/c1-3-70-69(66-35-18-20-37-71(66)74(70,59-27-10-5-11-28-59)60-29-12-6-13-30-60)49-52(2)75-72-38-21-19-36-67(72)68-48-43-58(51-73(68)75)65-34-17-16-33-64(65)55-41-46-63(47-42-55)76(61-31-14-7-15-32-61)62-44-39-54(40-45-62)57-26-22-25-56(50-57)53-23-8-4-9-24-53/h3-51H,1H2,2H3/b52-49+. The Morgan fingerprint density at radius 2 is 0.842 bits per heavy atom. The van der Waals surface area contributed by atoms with Gasteiger partial charge in [-0.15, -0.1) is 0 Å². The number of hydrogen-bond donors (Lipinski definition) is 0. The van der Waals surface area contributed by atoms with Gasteiger partial charge in [0.05, 0.1) is 16.4 Å². The summed E-state index contributed by atoms with van der Waals surface area (Å²) in [5, 5.41) is 2.44. The van der Waals surface area contributed by atoms with Gasteiger partial charge < -0.3 is 9.47 Å². The average Bonchev–Trinajstić information content (AvgIpc) is 4.08. The minimum Gasteiger partial charge on any atom is -0.313 e. The summed E-state index contributed by atoms with van der Waals surface area (Å²) >= 11 is 0. The van der Waals surface area contributed by atoms with Gasteiger partial charge in [0.25, 0.3) is 0 Å². The van der Waals surface area contributed by atoms with E-state index in [9.17, 15) is 0 Å². The first kappa shape index (κ1) is 46.1. The SMILES string of the molecule is C=CC1=C(/C=C(\C)n2c3ccccc3c3ccc(-c4ccccc4-c4ccc(N(c5ccccc5)c5ccc(-c6cccc(-c7ccccc7)c6)cc5)cc4)cc32)c2ccccc2C1(c1ccccc1)c1ccccc1. The Labute approximate surface area is 445 Å². The van der Waals surface area contributed by atoms with Crippen LogP contribution in [0.2, 0.25) is 0 Å². The Morgan fingerprint density at radius 3 is 1.47 bits per heavy atom. The van der Waals surface area contributed by atoms with E-state index in [1.807, 2.05) is 0 Å². The molecule has 0 unspecified atom stereocenters. The molecule has 1 heterocycles. The molecule has 0 N–H and O–H groups in total. The second-order valence-corrected chi connectivity index (χ2v) is 19.7. The third-order valence-electron chi connectivity index (χ3n) is 15.4. The molecule has 12 aromatic rings. The molecule has 1 aliphatic carbocycles. The largest absolute Gasteiger partial charge is 0.313 e. The molecule has 0 bridgehead atoms. The number of aromatic nitrogens is 1. The molecule has 0 radical (unpaired) electrons. The molecule has 13 rings (SSSR count). The quantitative estimate of drug-likeness (QED) is 0.118. The minimum atomic E-state index is -0.537. The van der Waals surface area contributed by atoms with E-state index in [0.717, 1.165) is 39.4 Å². The molecule has 0 amide bonds. The lowest BCUT2D eigenvalue weighted by Crippen LogP contribution is -2.29. The van der Waals surface area contributed by atoms with Crippen LogP contribution in [0.5, 0.6) is 0 Å². The van der Waals surface area contributed by atoms with Crippen molar-refractivity contribution in [2.45, 2.75) is 12.3 Å². The van der Waals surface area contributed by atoms with Crippen molar-refractivity contribution in [2.75, 3.05) is 4.90 Å². The molecule has 1 aromatic heterocycles. The van der Waals surface area contributed by atoms with Crippen LogP contribution in [0.25, 0.3) is 77.6 Å². The van der Waals surface area contributed by atoms with Gasteiger partial charge in [-0.2, -0.15) is 0 Å². The van der Waals surface area contributed by atoms with E-state index in [2.05, 4.69) is 320 Å². The highest BCUT2D eigenvalue weighted by Crippen LogP contribution is 2.55. The van der Waals surface area contributed by atoms with E-state index < -0.39 is 5.41 Å². The van der Waals surface area contributed by atoms with Gasteiger partial charge >= 0.3 is 0 Å². The number of nitrogens with zero attached hydrogens (tertiary/aromatic N) is 2. The smallest absolute Gasteiger partial charge is 0.0713 e. The molecule has 2 nitrogen and oxygen atoms in total. The monoisotopic (exact) mass is 970 g/mol. The third kappa shape index (κ3) is 7.91. The molecule has 0 spiro atoms. The topological polar surface area (TPSA) is 8.17 Å². The van der Waals surface area contributed by atoms with Crippen molar-refractivity contribution in [3.8, 4) is 44.5 Å². The normalized spacial score (nSPS) is 13.0. The summed E-state index contributed by atoms with van der Waals surface area (Å²) in [5.41, 5.74) is 23.0. The van der Waals surface area contributed by atoms with Crippen LogP contribution in [0.1, 0.15) is 29.2 Å². The number of anilines is 3. The summed E-state index contributed by atoms with van der Waals surface area (Å²) < 4.78 is 2.46. The highest BCUT2D eigenvalue weighted by atomic mass is 15.1. The number of para-hydroxylation sites is 2. The summed E-state index contributed by atoms with van der Waals surface area (Å²) in [7, 11) is 0. The van der Waals surface area contributed by atoms with Crippen LogP contribution >= 0.6 is 0 Å². The summed E-state index contributed by atoms with van der Waals surface area (Å²) in [6.45, 7) is 6.79. The van der Waals surface area contributed by atoms with E-state index in [-0.39, 0.29) is 0 Å². The summed E-state index contributed by atoms with van der Waals surface area (Å²) in [6, 6.07) is 103. The number of fused-ring (bicyclic) bond motifs is 4. The second kappa shape index (κ2) is 19.6. The van der Waals surface area contributed by atoms with Crippen molar-refractivity contribution in [3.05, 3.63) is 332 Å². The molecule has 1 aliphatic rings. The van der Waals surface area contributed by atoms with Crippen LogP contribution in [-0.4, -0.2) is 4.57 Å². The van der Waals surface area contributed by atoms with Crippen molar-refractivity contribution in [1.82, 2.24) is 4.57 Å². The lowest BCUT2D eigenvalue weighted by atomic mass is 9.67. The van der Waals surface area contributed by atoms with Crippen molar-refractivity contribution >= 4 is 50.1 Å². The first-order chi connectivity index (χ1) is 37.6. The molecule has 76 heavy (non-hydrogen) atoms. The van der Waals surface area contributed by atoms with E-state index in [1.54, 1.807) is 0 Å². The Bertz CT molecular complexity index is 4110. The van der Waals surface area contributed by atoms with Crippen molar-refractivity contribution in [1.29, 1.82) is 0 Å². The fraction of sp³-hybridized carbons (Fsp3) is 0.0270. The molecule has 11 aromatic carbocycles. The highest BCUT2D eigenvalue weighted by molar-refractivity contribution is 6.12. The number of hydrogen-bond acceptors (Lipinski definition) is 1. The van der Waals surface area contributed by atoms with Gasteiger partial charge in [0.2, 0.25) is 0 Å². The summed E-state index contributed by atoms with van der Waals surface area (Å²) in [5.74, 6) is 0. The average molecular weight is 971 g/mol. The van der Waals surface area contributed by atoms with E-state index in [1.165, 1.54) is 83.1 Å². The van der Waals surface area contributed by atoms with Crippen LogP contribution in [0, 0.1) is 0 Å². The Kier molecular flexibility index (Phi) is 11.9. The van der Waals surface area contributed by atoms with Gasteiger partial charge in [0.15, 0.2) is 0 Å². The lowest BCUT2D eigenvalue weighted by Gasteiger charge is -2.34. The van der Waals surface area contributed by atoms with E-state index >= 15 is 0 Å². The highest BCUT2D eigenvalue weighted by Gasteiger charge is 2.46. The summed E-state index contributed by atoms with van der Waals surface area (Å²) in [6.07, 6.45) is 4.49. The number of rotatable bonds is 12. The minimum absolute atomic E-state index is 0.537. The van der Waals surface area contributed by atoms with Gasteiger partial charge in [0.1, 0.15) is 0 Å². The lowest BCUT2D eigenvalue weighted by molar-refractivity contribution is 0.762. The first-order valence-corrected chi connectivity index (χ1v) is 26.2. The molecular formula is C74H54N2. The zero-order chi connectivity index (χ0) is 51.0. The Balaban J connectivity index is 0.882. The van der Waals surface area contributed by atoms with Crippen molar-refractivity contribution in [2.24, 2.45) is 0 Å². The zero-order valence-electron chi connectivity index (χ0n) is 42.4. The molecule has 0 aliphatic heterocycles. The van der Waals surface area contributed by atoms with Crippen LogP contribution in [0.15, 0.2) is 309 Å². The summed E-state index contributed by atoms with van der Waals surface area (Å²) in [4.78, 5) is 2.34. The molecule has 2 heteroatoms. The maximum absolute atomic E-state index is 4.54. The zero-order valence-corrected chi connectivity index (χ0v) is 42.4. The fourth-order valence-electron chi connectivity index (χ4n) is 12.0. The molecule has 360 valence electrons. The molecule has 0 atom stereocenters. The second-order valence-electron chi connectivity index (χ2n) is 19.7. The Morgan fingerprint density at radius 1 is 0.382 bits per heavy atom. The number of allylic oxidation sites excluding steroid dienone is 5. The van der Waals surface area contributed by atoms with Gasteiger partial charge in [-0.05, 0) is 146 Å². The van der Waals surface area contributed by atoms with Crippen LogP contribution < -0.4 is 4.90 Å². The van der Waals surface area contributed by atoms with E-state index in [4.69, 9.17) is 0 Å². The fourth-order valence-corrected chi connectivity index (χ4v) is 12.0. The number of benzene rings is 11. The van der Waals surface area contributed by atoms with Gasteiger partial charge in [-0.1, -0.05) is 243 Å². The molecule has 0 fully saturated rings. The third-order valence-corrected chi connectivity index (χ3v) is 15.4. The van der Waals surface area contributed by atoms with Crippen molar-refractivity contribution in [3.63, 3.8) is 0 Å². The predicted molar refractivity (Wildman–Crippen MR) is 322 cm³/mol. The Hall–Kier alpha value is -9.76. The predicted octanol–water partition coefficient (Wildman–Crippen LogP) is 19.8.